The van der Waals surface area contributed by atoms with E-state index in [1.54, 1.807) is 12.1 Å². The lowest BCUT2D eigenvalue weighted by Gasteiger charge is -2.19. The van der Waals surface area contributed by atoms with Gasteiger partial charge in [-0.15, -0.1) is 0 Å². The number of rotatable bonds is 6. The molecule has 0 aliphatic heterocycles. The zero-order valence-electron chi connectivity index (χ0n) is 14.2. The van der Waals surface area contributed by atoms with Gasteiger partial charge < -0.3 is 10.1 Å². The van der Waals surface area contributed by atoms with Gasteiger partial charge in [0.05, 0.1) is 18.1 Å². The van der Waals surface area contributed by atoms with Crippen LogP contribution in [0.3, 0.4) is 0 Å². The Morgan fingerprint density at radius 2 is 1.93 bits per heavy atom. The molecule has 0 saturated carbocycles. The lowest BCUT2D eigenvalue weighted by atomic mass is 10.0. The summed E-state index contributed by atoms with van der Waals surface area (Å²) in [6, 6.07) is 12.8. The van der Waals surface area contributed by atoms with E-state index in [9.17, 15) is 14.9 Å². The minimum absolute atomic E-state index is 0.101. The number of benzene rings is 2. The van der Waals surface area contributed by atoms with Crippen LogP contribution >= 0.6 is 22.9 Å². The molecule has 138 valence electrons. The predicted molar refractivity (Wildman–Crippen MR) is 105 cm³/mol. The van der Waals surface area contributed by atoms with Crippen LogP contribution in [0.5, 0.6) is 5.75 Å². The molecule has 6 nitrogen and oxygen atoms in total. The van der Waals surface area contributed by atoms with Gasteiger partial charge in [0.15, 0.2) is 5.75 Å². The van der Waals surface area contributed by atoms with Gasteiger partial charge in [0.2, 0.25) is 0 Å². The topological polar surface area (TPSA) is 81.5 Å². The molecule has 1 unspecified atom stereocenters. The fourth-order valence-electron chi connectivity index (χ4n) is 2.64. The number of nitro benzene ring substituents is 1. The van der Waals surface area contributed by atoms with Gasteiger partial charge in [0.1, 0.15) is 0 Å². The van der Waals surface area contributed by atoms with E-state index >= 15 is 0 Å². The fourth-order valence-corrected chi connectivity index (χ4v) is 3.45. The molecule has 0 spiro atoms. The van der Waals surface area contributed by atoms with Gasteiger partial charge in [-0.25, -0.2) is 0 Å². The van der Waals surface area contributed by atoms with Gasteiger partial charge in [-0.2, -0.15) is 11.3 Å². The zero-order chi connectivity index (χ0) is 19.4. The Bertz CT molecular complexity index is 958. The molecule has 8 heteroatoms. The third kappa shape index (κ3) is 4.27. The van der Waals surface area contributed by atoms with Gasteiger partial charge in [0.25, 0.3) is 5.91 Å². The second-order valence-electron chi connectivity index (χ2n) is 5.66. The molecule has 1 aromatic heterocycles. The highest BCUT2D eigenvalue weighted by Crippen LogP contribution is 2.29. The van der Waals surface area contributed by atoms with Crippen LogP contribution in [0.2, 0.25) is 5.02 Å². The van der Waals surface area contributed by atoms with Crippen LogP contribution in [-0.2, 0) is 0 Å². The first kappa shape index (κ1) is 18.9. The average molecular weight is 403 g/mol. The van der Waals surface area contributed by atoms with Crippen LogP contribution in [0.4, 0.5) is 5.69 Å². The van der Waals surface area contributed by atoms with Gasteiger partial charge in [-0.3, -0.25) is 14.9 Å². The Labute approximate surface area is 164 Å². The minimum Gasteiger partial charge on any atom is -0.490 e. The minimum atomic E-state index is -0.578. The summed E-state index contributed by atoms with van der Waals surface area (Å²) >= 11 is 7.47. The van der Waals surface area contributed by atoms with Crippen molar-refractivity contribution in [3.63, 3.8) is 0 Å². The molecule has 3 rings (SSSR count). The highest BCUT2D eigenvalue weighted by atomic mass is 35.5. The smallest absolute Gasteiger partial charge is 0.311 e. The highest BCUT2D eigenvalue weighted by Gasteiger charge is 2.22. The van der Waals surface area contributed by atoms with Gasteiger partial charge in [-0.05, 0) is 52.2 Å². The van der Waals surface area contributed by atoms with E-state index < -0.39 is 16.9 Å². The van der Waals surface area contributed by atoms with E-state index in [1.807, 2.05) is 29.0 Å². The quantitative estimate of drug-likeness (QED) is 0.472. The number of nitrogens with one attached hydrogen (secondary N) is 1. The molecule has 1 amide bonds. The molecule has 1 atom stereocenters. The number of thiophene rings is 1. The van der Waals surface area contributed by atoms with E-state index in [0.717, 1.165) is 11.1 Å². The molecule has 1 N–H and O–H groups in total. The van der Waals surface area contributed by atoms with E-state index in [4.69, 9.17) is 16.3 Å². The second-order valence-corrected chi connectivity index (χ2v) is 6.87. The van der Waals surface area contributed by atoms with Crippen molar-refractivity contribution < 1.29 is 14.5 Å². The summed E-state index contributed by atoms with van der Waals surface area (Å²) in [5.41, 5.74) is 1.69. The lowest BCUT2D eigenvalue weighted by molar-refractivity contribution is -0.385. The first-order valence-corrected chi connectivity index (χ1v) is 9.22. The number of ether oxygens (including phenoxy) is 1. The number of halogens is 1. The lowest BCUT2D eigenvalue weighted by Crippen LogP contribution is -2.29. The summed E-state index contributed by atoms with van der Waals surface area (Å²) < 4.78 is 4.98. The summed E-state index contributed by atoms with van der Waals surface area (Å²) in [5, 5.41) is 18.6. The Morgan fingerprint density at radius 3 is 2.52 bits per heavy atom. The van der Waals surface area contributed by atoms with Crippen LogP contribution in [0, 0.1) is 10.1 Å². The molecule has 1 heterocycles. The van der Waals surface area contributed by atoms with E-state index in [0.29, 0.717) is 5.02 Å². The maximum absolute atomic E-state index is 12.8. The van der Waals surface area contributed by atoms with Crippen LogP contribution in [-0.4, -0.2) is 17.9 Å². The van der Waals surface area contributed by atoms with E-state index in [1.165, 1.54) is 36.6 Å². The molecule has 0 fully saturated rings. The second kappa shape index (κ2) is 8.20. The monoisotopic (exact) mass is 402 g/mol. The Morgan fingerprint density at radius 1 is 1.19 bits per heavy atom. The van der Waals surface area contributed by atoms with Crippen molar-refractivity contribution in [3.05, 3.63) is 91.1 Å². The summed E-state index contributed by atoms with van der Waals surface area (Å²) in [7, 11) is 1.34. The summed E-state index contributed by atoms with van der Waals surface area (Å²) in [4.78, 5) is 23.4. The maximum atomic E-state index is 12.8. The SMILES string of the molecule is COc1ccc(C(=O)NC(c2ccc(Cl)cc2)c2ccsc2)cc1[N+](=O)[O-]. The first-order valence-electron chi connectivity index (χ1n) is 7.90. The van der Waals surface area contributed by atoms with Crippen molar-refractivity contribution in [2.45, 2.75) is 6.04 Å². The average Bonchev–Trinajstić information content (AvgIpc) is 3.20. The number of methoxy groups -OCH3 is 1. The molecule has 0 bridgehead atoms. The molecule has 2 aromatic carbocycles. The number of nitrogens with zero attached hydrogens (tertiary/aromatic N) is 1. The molecule has 27 heavy (non-hydrogen) atoms. The molecular weight excluding hydrogens is 388 g/mol. The number of hydrogen-bond acceptors (Lipinski definition) is 5. The van der Waals surface area contributed by atoms with Crippen LogP contribution in [0.1, 0.15) is 27.5 Å². The summed E-state index contributed by atoms with van der Waals surface area (Å²) in [6.45, 7) is 0. The third-order valence-electron chi connectivity index (χ3n) is 3.99. The van der Waals surface area contributed by atoms with E-state index in [-0.39, 0.29) is 17.0 Å². The molecule has 0 radical (unpaired) electrons. The van der Waals surface area contributed by atoms with Crippen LogP contribution < -0.4 is 10.1 Å². The Kier molecular flexibility index (Phi) is 5.73. The predicted octanol–water partition coefficient (Wildman–Crippen LogP) is 4.84. The molecule has 0 aliphatic carbocycles. The van der Waals surface area contributed by atoms with Gasteiger partial charge in [0, 0.05) is 16.7 Å². The Hall–Kier alpha value is -2.90. The largest absolute Gasteiger partial charge is 0.490 e. The van der Waals surface area contributed by atoms with E-state index in [2.05, 4.69) is 5.32 Å². The van der Waals surface area contributed by atoms with Crippen molar-refractivity contribution in [1.29, 1.82) is 0 Å². The fraction of sp³-hybridized carbons (Fsp3) is 0.105. The number of amides is 1. The van der Waals surface area contributed by atoms with Crippen LogP contribution in [0.15, 0.2) is 59.3 Å². The molecular formula is C19H15ClN2O4S. The normalized spacial score (nSPS) is 11.6. The third-order valence-corrected chi connectivity index (χ3v) is 4.95. The van der Waals surface area contributed by atoms with Crippen LogP contribution in [0.25, 0.3) is 0 Å². The molecule has 0 aliphatic rings. The summed E-state index contributed by atoms with van der Waals surface area (Å²) in [5.74, 6) is -0.324. The summed E-state index contributed by atoms with van der Waals surface area (Å²) in [6.07, 6.45) is 0. The van der Waals surface area contributed by atoms with Crippen molar-refractivity contribution in [1.82, 2.24) is 5.32 Å². The van der Waals surface area contributed by atoms with Crippen molar-refractivity contribution in [2.24, 2.45) is 0 Å². The number of carbonyl (C=O) groups excluding carboxylic acids is 1. The first-order chi connectivity index (χ1) is 13.0. The number of nitro groups is 1. The van der Waals surface area contributed by atoms with Gasteiger partial charge in [-0.1, -0.05) is 23.7 Å². The molecule has 0 saturated heterocycles. The van der Waals surface area contributed by atoms with Crippen molar-refractivity contribution >= 4 is 34.5 Å². The number of hydrogen-bond donors (Lipinski definition) is 1. The van der Waals surface area contributed by atoms with Crippen molar-refractivity contribution in [3.8, 4) is 5.75 Å². The number of carbonyl (C=O) groups is 1. The maximum Gasteiger partial charge on any atom is 0.311 e. The zero-order valence-corrected chi connectivity index (χ0v) is 15.8. The highest BCUT2D eigenvalue weighted by molar-refractivity contribution is 7.08. The van der Waals surface area contributed by atoms with Crippen molar-refractivity contribution in [2.75, 3.05) is 7.11 Å². The molecule has 3 aromatic rings. The standard InChI is InChI=1S/C19H15ClN2O4S/c1-26-17-7-4-13(10-16(17)22(24)25)19(23)21-18(14-8-9-27-11-14)12-2-5-15(20)6-3-12/h2-11,18H,1H3,(H,21,23). The Balaban J connectivity index is 1.92. The van der Waals surface area contributed by atoms with Gasteiger partial charge >= 0.3 is 5.69 Å².